The standard InChI is InChI=1S/C13H21NO7S/c1-5-10(16)20-12(7(2)3)21-13(19)22-6-9(11(17)18)14-8(4)15/h7,9,12H,5-6H2,1-4H3,(H,14,15)(H,17,18)/t9-,12-/m0/s1. The van der Waals surface area contributed by atoms with Gasteiger partial charge in [0.15, 0.2) is 0 Å². The van der Waals surface area contributed by atoms with E-state index in [1.165, 1.54) is 6.92 Å². The van der Waals surface area contributed by atoms with Crippen molar-refractivity contribution in [3.8, 4) is 0 Å². The molecule has 0 fully saturated rings. The number of aliphatic carboxylic acids is 1. The molecule has 0 saturated heterocycles. The van der Waals surface area contributed by atoms with Crippen LogP contribution in [0.2, 0.25) is 0 Å². The van der Waals surface area contributed by atoms with Crippen molar-refractivity contribution in [2.75, 3.05) is 5.75 Å². The molecule has 1 amide bonds. The summed E-state index contributed by atoms with van der Waals surface area (Å²) in [6.07, 6.45) is -0.881. The molecule has 126 valence electrons. The summed E-state index contributed by atoms with van der Waals surface area (Å²) < 4.78 is 9.96. The molecule has 0 spiro atoms. The number of esters is 1. The Morgan fingerprint density at radius 1 is 1.18 bits per heavy atom. The Morgan fingerprint density at radius 3 is 2.18 bits per heavy atom. The fourth-order valence-electron chi connectivity index (χ4n) is 1.21. The number of carboxylic acids is 1. The van der Waals surface area contributed by atoms with Crippen molar-refractivity contribution < 1.29 is 33.8 Å². The van der Waals surface area contributed by atoms with Gasteiger partial charge in [-0.2, -0.15) is 0 Å². The molecule has 0 aliphatic rings. The highest BCUT2D eigenvalue weighted by molar-refractivity contribution is 8.13. The Morgan fingerprint density at radius 2 is 1.77 bits per heavy atom. The molecule has 22 heavy (non-hydrogen) atoms. The van der Waals surface area contributed by atoms with Crippen LogP contribution in [0.15, 0.2) is 0 Å². The molecule has 0 aliphatic carbocycles. The van der Waals surface area contributed by atoms with Crippen LogP contribution in [0.5, 0.6) is 0 Å². The van der Waals surface area contributed by atoms with Gasteiger partial charge in [-0.15, -0.1) is 0 Å². The average Bonchev–Trinajstić information content (AvgIpc) is 2.41. The lowest BCUT2D eigenvalue weighted by atomic mass is 10.2. The van der Waals surface area contributed by atoms with Crippen LogP contribution in [0.25, 0.3) is 0 Å². The Labute approximate surface area is 132 Å². The fourth-order valence-corrected chi connectivity index (χ4v) is 1.90. The van der Waals surface area contributed by atoms with E-state index >= 15 is 0 Å². The van der Waals surface area contributed by atoms with Gasteiger partial charge in [0.2, 0.25) is 5.91 Å². The highest BCUT2D eigenvalue weighted by atomic mass is 32.2. The minimum absolute atomic E-state index is 0.150. The number of hydrogen-bond donors (Lipinski definition) is 2. The van der Waals surface area contributed by atoms with E-state index in [0.717, 1.165) is 0 Å². The van der Waals surface area contributed by atoms with E-state index in [-0.39, 0.29) is 18.1 Å². The molecule has 0 heterocycles. The van der Waals surface area contributed by atoms with Crippen LogP contribution in [-0.2, 0) is 23.9 Å². The summed E-state index contributed by atoms with van der Waals surface area (Å²) >= 11 is 0.587. The molecule has 2 atom stereocenters. The molecule has 0 aliphatic heterocycles. The van der Waals surface area contributed by atoms with Gasteiger partial charge in [-0.05, 0) is 11.8 Å². The lowest BCUT2D eigenvalue weighted by Crippen LogP contribution is -2.41. The van der Waals surface area contributed by atoms with E-state index in [4.69, 9.17) is 14.6 Å². The molecular formula is C13H21NO7S. The number of hydrogen-bond acceptors (Lipinski definition) is 7. The van der Waals surface area contributed by atoms with Crippen LogP contribution in [-0.4, -0.2) is 46.3 Å². The van der Waals surface area contributed by atoms with Crippen molar-refractivity contribution in [3.05, 3.63) is 0 Å². The number of thioether (sulfide) groups is 1. The van der Waals surface area contributed by atoms with Crippen LogP contribution >= 0.6 is 11.8 Å². The zero-order chi connectivity index (χ0) is 17.3. The van der Waals surface area contributed by atoms with E-state index in [0.29, 0.717) is 11.8 Å². The van der Waals surface area contributed by atoms with Gasteiger partial charge in [0, 0.05) is 25.0 Å². The summed E-state index contributed by atoms with van der Waals surface area (Å²) in [5.41, 5.74) is 0. The molecule has 0 radical (unpaired) electrons. The predicted molar refractivity (Wildman–Crippen MR) is 79.2 cm³/mol. The minimum atomic E-state index is -1.26. The summed E-state index contributed by atoms with van der Waals surface area (Å²) in [4.78, 5) is 44.7. The molecule has 0 bridgehead atoms. The number of carbonyl (C=O) groups is 4. The first-order valence-electron chi connectivity index (χ1n) is 6.70. The number of amides is 1. The molecular weight excluding hydrogens is 314 g/mol. The third-order valence-electron chi connectivity index (χ3n) is 2.34. The van der Waals surface area contributed by atoms with Crippen LogP contribution in [0, 0.1) is 5.92 Å². The number of carbonyl (C=O) groups excluding carboxylic acids is 3. The monoisotopic (exact) mass is 335 g/mol. The first-order valence-corrected chi connectivity index (χ1v) is 7.68. The fraction of sp³-hybridized carbons (Fsp3) is 0.692. The lowest BCUT2D eigenvalue weighted by molar-refractivity contribution is -0.172. The van der Waals surface area contributed by atoms with E-state index in [1.807, 2.05) is 0 Å². The molecule has 9 heteroatoms. The van der Waals surface area contributed by atoms with Crippen LogP contribution in [0.1, 0.15) is 34.1 Å². The quantitative estimate of drug-likeness (QED) is 0.504. The molecule has 2 N–H and O–H groups in total. The van der Waals surface area contributed by atoms with Crippen LogP contribution < -0.4 is 5.32 Å². The third-order valence-corrected chi connectivity index (χ3v) is 3.17. The summed E-state index contributed by atoms with van der Waals surface area (Å²) in [6.45, 7) is 6.21. The van der Waals surface area contributed by atoms with E-state index < -0.39 is 35.5 Å². The Kier molecular flexibility index (Phi) is 9.23. The van der Waals surface area contributed by atoms with Gasteiger partial charge in [-0.1, -0.05) is 20.8 Å². The smallest absolute Gasteiger partial charge is 0.370 e. The maximum absolute atomic E-state index is 11.7. The Balaban J connectivity index is 4.47. The van der Waals surface area contributed by atoms with Crippen molar-refractivity contribution in [2.45, 2.75) is 46.4 Å². The van der Waals surface area contributed by atoms with Crippen LogP contribution in [0.3, 0.4) is 0 Å². The van der Waals surface area contributed by atoms with Gasteiger partial charge in [-0.3, -0.25) is 9.59 Å². The number of ether oxygens (including phenoxy) is 2. The minimum Gasteiger partial charge on any atom is -0.480 e. The molecule has 0 aromatic heterocycles. The zero-order valence-electron chi connectivity index (χ0n) is 13.0. The summed E-state index contributed by atoms with van der Waals surface area (Å²) in [6, 6.07) is -1.20. The highest BCUT2D eigenvalue weighted by Crippen LogP contribution is 2.16. The van der Waals surface area contributed by atoms with E-state index in [9.17, 15) is 19.2 Å². The van der Waals surface area contributed by atoms with Gasteiger partial charge >= 0.3 is 17.2 Å². The first kappa shape index (κ1) is 20.2. The van der Waals surface area contributed by atoms with Crippen molar-refractivity contribution in [3.63, 3.8) is 0 Å². The SMILES string of the molecule is CCC(=O)O[C@@H](OC(=O)SC[C@H](NC(C)=O)C(=O)O)C(C)C. The van der Waals surface area contributed by atoms with Crippen molar-refractivity contribution in [1.29, 1.82) is 0 Å². The summed E-state index contributed by atoms with van der Waals surface area (Å²) in [7, 11) is 0. The van der Waals surface area contributed by atoms with E-state index in [2.05, 4.69) is 5.32 Å². The number of carboxylic acid groups (broad SMARTS) is 1. The summed E-state index contributed by atoms with van der Waals surface area (Å²) in [5, 5.41) is 10.3. The molecule has 0 aromatic carbocycles. The largest absolute Gasteiger partial charge is 0.480 e. The predicted octanol–water partition coefficient (Wildman–Crippen LogP) is 1.38. The van der Waals surface area contributed by atoms with Crippen molar-refractivity contribution in [2.24, 2.45) is 5.92 Å². The van der Waals surface area contributed by atoms with Gasteiger partial charge in [-0.25, -0.2) is 9.59 Å². The summed E-state index contributed by atoms with van der Waals surface area (Å²) in [5.74, 6) is -2.71. The molecule has 0 aromatic rings. The number of nitrogens with one attached hydrogen (secondary N) is 1. The average molecular weight is 335 g/mol. The van der Waals surface area contributed by atoms with Gasteiger partial charge < -0.3 is 19.9 Å². The van der Waals surface area contributed by atoms with Gasteiger partial charge in [0.05, 0.1) is 0 Å². The highest BCUT2D eigenvalue weighted by Gasteiger charge is 2.25. The van der Waals surface area contributed by atoms with E-state index in [1.54, 1.807) is 20.8 Å². The Hall–Kier alpha value is -1.77. The second-order valence-electron chi connectivity index (χ2n) is 4.73. The van der Waals surface area contributed by atoms with Gasteiger partial charge in [0.1, 0.15) is 6.04 Å². The zero-order valence-corrected chi connectivity index (χ0v) is 13.8. The maximum atomic E-state index is 11.7. The Bertz CT molecular complexity index is 425. The molecule has 0 saturated carbocycles. The van der Waals surface area contributed by atoms with Crippen molar-refractivity contribution in [1.82, 2.24) is 5.32 Å². The normalized spacial score (nSPS) is 13.1. The third kappa shape index (κ3) is 8.50. The maximum Gasteiger partial charge on any atom is 0.370 e. The molecule has 8 nitrogen and oxygen atoms in total. The van der Waals surface area contributed by atoms with Gasteiger partial charge in [0.25, 0.3) is 6.29 Å². The molecule has 0 rings (SSSR count). The topological polar surface area (TPSA) is 119 Å². The van der Waals surface area contributed by atoms with Crippen molar-refractivity contribution >= 4 is 34.9 Å². The van der Waals surface area contributed by atoms with Crippen LogP contribution in [0.4, 0.5) is 4.79 Å². The number of rotatable bonds is 8. The second kappa shape index (κ2) is 10.0. The lowest BCUT2D eigenvalue weighted by Gasteiger charge is -2.21. The second-order valence-corrected chi connectivity index (χ2v) is 5.68. The molecule has 0 unspecified atom stereocenters. The first-order chi connectivity index (χ1) is 10.2.